The summed E-state index contributed by atoms with van der Waals surface area (Å²) in [5.41, 5.74) is 5.21. The zero-order valence-corrected chi connectivity index (χ0v) is 17.6. The number of piperazine rings is 1. The zero-order chi connectivity index (χ0) is 21.1. The Morgan fingerprint density at radius 1 is 1.07 bits per heavy atom. The van der Waals surface area contributed by atoms with Crippen molar-refractivity contribution in [3.8, 4) is 0 Å². The summed E-state index contributed by atoms with van der Waals surface area (Å²) in [5.74, 6) is -0.192. The average Bonchev–Trinajstić information content (AvgIpc) is 3.11. The number of amides is 1. The van der Waals surface area contributed by atoms with Gasteiger partial charge in [-0.15, -0.1) is 0 Å². The Balaban J connectivity index is 1.22. The number of halogens is 1. The van der Waals surface area contributed by atoms with Gasteiger partial charge in [-0.05, 0) is 61.4 Å². The van der Waals surface area contributed by atoms with E-state index in [-0.39, 0.29) is 11.7 Å². The molecule has 1 aliphatic rings. The molecule has 0 aliphatic carbocycles. The molecule has 0 bridgehead atoms. The van der Waals surface area contributed by atoms with Crippen LogP contribution in [0.1, 0.15) is 16.7 Å². The number of carbonyl (C=O) groups excluding carboxylic acids is 1. The second-order valence-corrected chi connectivity index (χ2v) is 8.03. The van der Waals surface area contributed by atoms with Gasteiger partial charge in [-0.25, -0.2) is 4.39 Å². The molecule has 30 heavy (non-hydrogen) atoms. The van der Waals surface area contributed by atoms with Crippen molar-refractivity contribution >= 4 is 22.6 Å². The molecule has 158 valence electrons. The number of nitrogens with one attached hydrogen (secondary N) is 1. The van der Waals surface area contributed by atoms with Gasteiger partial charge in [-0.2, -0.15) is 0 Å². The summed E-state index contributed by atoms with van der Waals surface area (Å²) in [7, 11) is 0. The number of nitrogens with zero attached hydrogens (tertiary/aromatic N) is 2. The van der Waals surface area contributed by atoms with E-state index in [0.717, 1.165) is 54.9 Å². The highest BCUT2D eigenvalue weighted by Gasteiger charge is 2.17. The number of hydrogen-bond donors (Lipinski definition) is 1. The van der Waals surface area contributed by atoms with Crippen molar-refractivity contribution in [1.82, 2.24) is 10.2 Å². The lowest BCUT2D eigenvalue weighted by atomic mass is 10.0. The topological polar surface area (TPSA) is 48.7 Å². The van der Waals surface area contributed by atoms with E-state index in [9.17, 15) is 9.18 Å². The quantitative estimate of drug-likeness (QED) is 0.675. The number of rotatable bonds is 6. The first-order valence-corrected chi connectivity index (χ1v) is 10.5. The van der Waals surface area contributed by atoms with E-state index in [1.54, 1.807) is 6.26 Å². The number of anilines is 1. The first-order chi connectivity index (χ1) is 14.5. The van der Waals surface area contributed by atoms with Gasteiger partial charge in [0.15, 0.2) is 0 Å². The Morgan fingerprint density at radius 3 is 2.50 bits per heavy atom. The van der Waals surface area contributed by atoms with Gasteiger partial charge in [0.1, 0.15) is 11.4 Å². The number of furan rings is 1. The fraction of sp³-hybridized carbons (Fsp3) is 0.375. The largest absolute Gasteiger partial charge is 0.464 e. The minimum Gasteiger partial charge on any atom is -0.464 e. The molecular weight excluding hydrogens is 381 g/mol. The monoisotopic (exact) mass is 409 g/mol. The van der Waals surface area contributed by atoms with Crippen LogP contribution in [-0.2, 0) is 11.2 Å². The van der Waals surface area contributed by atoms with Gasteiger partial charge in [0.25, 0.3) is 0 Å². The molecule has 0 atom stereocenters. The summed E-state index contributed by atoms with van der Waals surface area (Å²) in [6.45, 7) is 9.25. The average molecular weight is 410 g/mol. The smallest absolute Gasteiger partial charge is 0.224 e. The molecule has 1 saturated heterocycles. The first-order valence-electron chi connectivity index (χ1n) is 10.5. The Hall–Kier alpha value is -2.86. The maximum atomic E-state index is 13.1. The highest BCUT2D eigenvalue weighted by molar-refractivity contribution is 5.88. The van der Waals surface area contributed by atoms with Crippen LogP contribution in [0.15, 0.2) is 47.1 Å². The van der Waals surface area contributed by atoms with Gasteiger partial charge < -0.3 is 14.6 Å². The van der Waals surface area contributed by atoms with Crippen molar-refractivity contribution in [2.24, 2.45) is 0 Å². The van der Waals surface area contributed by atoms with E-state index in [1.165, 1.54) is 23.3 Å². The van der Waals surface area contributed by atoms with Gasteiger partial charge in [-0.3, -0.25) is 9.69 Å². The molecular formula is C24H28FN3O2. The number of benzene rings is 2. The lowest BCUT2D eigenvalue weighted by molar-refractivity contribution is -0.120. The predicted molar refractivity (Wildman–Crippen MR) is 117 cm³/mol. The molecule has 0 unspecified atom stereocenters. The second kappa shape index (κ2) is 8.88. The fourth-order valence-corrected chi connectivity index (χ4v) is 3.94. The lowest BCUT2D eigenvalue weighted by Crippen LogP contribution is -2.48. The van der Waals surface area contributed by atoms with Gasteiger partial charge in [0.05, 0.1) is 12.7 Å². The third-order valence-electron chi connectivity index (χ3n) is 5.94. The van der Waals surface area contributed by atoms with Crippen molar-refractivity contribution in [1.29, 1.82) is 0 Å². The molecule has 0 spiro atoms. The first kappa shape index (κ1) is 20.4. The molecule has 6 heteroatoms. The van der Waals surface area contributed by atoms with Crippen LogP contribution in [0.4, 0.5) is 10.1 Å². The van der Waals surface area contributed by atoms with Crippen LogP contribution in [-0.4, -0.2) is 50.1 Å². The number of aryl methyl sites for hydroxylation is 2. The molecule has 1 aliphatic heterocycles. The lowest BCUT2D eigenvalue weighted by Gasteiger charge is -2.36. The van der Waals surface area contributed by atoms with E-state index < -0.39 is 0 Å². The van der Waals surface area contributed by atoms with Gasteiger partial charge in [0, 0.05) is 55.9 Å². The molecule has 2 heterocycles. The Bertz CT molecular complexity index is 1020. The highest BCUT2D eigenvalue weighted by atomic mass is 19.1. The van der Waals surface area contributed by atoms with Crippen molar-refractivity contribution in [2.75, 3.05) is 44.2 Å². The normalized spacial score (nSPS) is 15.0. The van der Waals surface area contributed by atoms with Crippen LogP contribution in [0.3, 0.4) is 0 Å². The molecule has 1 fully saturated rings. The highest BCUT2D eigenvalue weighted by Crippen LogP contribution is 2.25. The van der Waals surface area contributed by atoms with E-state index in [2.05, 4.69) is 35.0 Å². The van der Waals surface area contributed by atoms with Crippen LogP contribution in [0.5, 0.6) is 0 Å². The van der Waals surface area contributed by atoms with Crippen LogP contribution < -0.4 is 10.2 Å². The van der Waals surface area contributed by atoms with Crippen LogP contribution in [0.2, 0.25) is 0 Å². The molecule has 0 saturated carbocycles. The van der Waals surface area contributed by atoms with Crippen LogP contribution in [0.25, 0.3) is 11.0 Å². The molecule has 4 rings (SSSR count). The van der Waals surface area contributed by atoms with Gasteiger partial charge >= 0.3 is 0 Å². The SMILES string of the molecule is Cc1cc2occ(CC(=O)NCCN3CCN(c4ccc(F)cc4)CC3)c2cc1C. The van der Waals surface area contributed by atoms with Crippen molar-refractivity contribution in [3.63, 3.8) is 0 Å². The molecule has 0 radical (unpaired) electrons. The molecule has 2 aromatic carbocycles. The summed E-state index contributed by atoms with van der Waals surface area (Å²) < 4.78 is 18.7. The summed E-state index contributed by atoms with van der Waals surface area (Å²) in [6, 6.07) is 10.8. The Labute approximate surface area is 176 Å². The third-order valence-corrected chi connectivity index (χ3v) is 5.94. The molecule has 1 aromatic heterocycles. The molecule has 3 aromatic rings. The summed E-state index contributed by atoms with van der Waals surface area (Å²) in [6.07, 6.45) is 2.02. The Morgan fingerprint density at radius 2 is 1.77 bits per heavy atom. The maximum absolute atomic E-state index is 13.1. The van der Waals surface area contributed by atoms with Crippen molar-refractivity contribution in [2.45, 2.75) is 20.3 Å². The van der Waals surface area contributed by atoms with Gasteiger partial charge in [-0.1, -0.05) is 0 Å². The molecule has 1 amide bonds. The third kappa shape index (κ3) is 4.65. The van der Waals surface area contributed by atoms with Crippen LogP contribution in [0, 0.1) is 19.7 Å². The molecule has 1 N–H and O–H groups in total. The van der Waals surface area contributed by atoms with Crippen molar-refractivity contribution in [3.05, 3.63) is 65.2 Å². The van der Waals surface area contributed by atoms with E-state index in [1.807, 2.05) is 18.2 Å². The second-order valence-electron chi connectivity index (χ2n) is 8.03. The summed E-state index contributed by atoms with van der Waals surface area (Å²) >= 11 is 0. The number of carbonyl (C=O) groups is 1. The summed E-state index contributed by atoms with van der Waals surface area (Å²) in [5, 5.41) is 4.05. The van der Waals surface area contributed by atoms with E-state index >= 15 is 0 Å². The van der Waals surface area contributed by atoms with E-state index in [4.69, 9.17) is 4.42 Å². The predicted octanol–water partition coefficient (Wildman–Crippen LogP) is 3.67. The van der Waals surface area contributed by atoms with Crippen molar-refractivity contribution < 1.29 is 13.6 Å². The van der Waals surface area contributed by atoms with E-state index in [0.29, 0.717) is 13.0 Å². The van der Waals surface area contributed by atoms with Crippen LogP contribution >= 0.6 is 0 Å². The number of fused-ring (bicyclic) bond motifs is 1. The molecule has 5 nitrogen and oxygen atoms in total. The Kier molecular flexibility index (Phi) is 6.04. The summed E-state index contributed by atoms with van der Waals surface area (Å²) in [4.78, 5) is 17.0. The standard InChI is InChI=1S/C24H28FN3O2/c1-17-13-22-19(16-30-23(22)14-18(17)2)15-24(29)26-7-8-27-9-11-28(12-10-27)21-5-3-20(25)4-6-21/h3-6,13-14,16H,7-12,15H2,1-2H3,(H,26,29). The zero-order valence-electron chi connectivity index (χ0n) is 17.6. The fourth-order valence-electron chi connectivity index (χ4n) is 3.94. The van der Waals surface area contributed by atoms with Gasteiger partial charge in [0.2, 0.25) is 5.91 Å². The maximum Gasteiger partial charge on any atom is 0.224 e. The number of hydrogen-bond acceptors (Lipinski definition) is 4. The minimum absolute atomic E-state index is 0.0147. The minimum atomic E-state index is -0.207.